The van der Waals surface area contributed by atoms with E-state index in [2.05, 4.69) is 358 Å². The number of nitrogens with zero attached hydrogens (tertiary/aromatic N) is 2. The molecule has 11 aromatic carbocycles. The molecule has 0 radical (unpaired) electrons. The van der Waals surface area contributed by atoms with E-state index in [9.17, 15) is 0 Å². The Morgan fingerprint density at radius 1 is 0.228 bits per heavy atom. The van der Waals surface area contributed by atoms with Gasteiger partial charge in [-0.2, -0.15) is 0 Å². The smallest absolute Gasteiger partial charge is 0.0541 e. The van der Waals surface area contributed by atoms with Crippen molar-refractivity contribution in [3.05, 3.63) is 226 Å². The number of rotatable bonds is 7. The van der Waals surface area contributed by atoms with Crippen LogP contribution in [0.5, 0.6) is 0 Å². The van der Waals surface area contributed by atoms with Crippen molar-refractivity contribution in [3.8, 4) is 39.1 Å². The Balaban J connectivity index is 1.11. The van der Waals surface area contributed by atoms with Crippen LogP contribution in [0.3, 0.4) is 0 Å². The summed E-state index contributed by atoms with van der Waals surface area (Å²) in [6, 6.07) is 72.4. The topological polar surface area (TPSA) is 8.17 Å². The van der Waals surface area contributed by atoms with Gasteiger partial charge in [0, 0.05) is 32.9 Å². The zero-order valence-electron chi connectivity index (χ0n) is 60.2. The minimum atomic E-state index is -0.154. The molecule has 0 saturated heterocycles. The van der Waals surface area contributed by atoms with Crippen LogP contribution in [0.2, 0.25) is 0 Å². The third-order valence-electron chi connectivity index (χ3n) is 19.9. The van der Waals surface area contributed by atoms with E-state index in [-0.39, 0.29) is 43.3 Å². The van der Waals surface area contributed by atoms with Gasteiger partial charge in [0.05, 0.1) is 22.4 Å². The van der Waals surface area contributed by atoms with Crippen molar-refractivity contribution in [1.29, 1.82) is 0 Å². The standard InChI is InChI=1S/C90H102N2/c1-83(2,3)63-31-39-79-75(53-63)76-54-64(84(4,5)6)32-40-80(76)92(79)78-38-30-57-27-35-73-77(37-29-56-28-36-74(78)82(57)81(56)73)91(72-49-62(48-70(52-72)90(22,23)24)61-46-68(88(16,17)18)51-69(47-61)89(19,20)21)71-33-25-55(26-34-71)58-41-59(43-65(42-58)85(7,8)9)60-44-66(86(10,11)12)50-67(45-60)87(13,14)15/h25-54H,1-24H3. The molecular weight excluding hydrogens is 1110 g/mol. The van der Waals surface area contributed by atoms with Crippen LogP contribution >= 0.6 is 0 Å². The predicted octanol–water partition coefficient (Wildman–Crippen LogP) is 26.5. The molecule has 12 aromatic rings. The van der Waals surface area contributed by atoms with Gasteiger partial charge in [0.25, 0.3) is 0 Å². The molecule has 2 nitrogen and oxygen atoms in total. The molecule has 0 spiro atoms. The first-order chi connectivity index (χ1) is 42.6. The highest BCUT2D eigenvalue weighted by atomic mass is 15.1. The first kappa shape index (κ1) is 64.2. The fourth-order valence-electron chi connectivity index (χ4n) is 13.7. The zero-order chi connectivity index (χ0) is 66.5. The number of hydrogen-bond acceptors (Lipinski definition) is 1. The van der Waals surface area contributed by atoms with E-state index >= 15 is 0 Å². The van der Waals surface area contributed by atoms with Crippen molar-refractivity contribution < 1.29 is 0 Å². The molecule has 0 amide bonds. The van der Waals surface area contributed by atoms with E-state index in [1.165, 1.54) is 138 Å². The van der Waals surface area contributed by atoms with Crippen molar-refractivity contribution in [3.63, 3.8) is 0 Å². The second-order valence-electron chi connectivity index (χ2n) is 35.4. The summed E-state index contributed by atoms with van der Waals surface area (Å²) >= 11 is 0. The summed E-state index contributed by atoms with van der Waals surface area (Å²) in [5, 5.41) is 10.1. The van der Waals surface area contributed by atoms with Crippen LogP contribution in [0.15, 0.2) is 182 Å². The molecule has 0 N–H and O–H groups in total. The lowest BCUT2D eigenvalue weighted by atomic mass is 9.78. The predicted molar refractivity (Wildman–Crippen MR) is 405 cm³/mol. The number of hydrogen-bond donors (Lipinski definition) is 0. The van der Waals surface area contributed by atoms with Crippen molar-refractivity contribution >= 4 is 71.2 Å². The lowest BCUT2D eigenvalue weighted by molar-refractivity contribution is 0.568. The van der Waals surface area contributed by atoms with Crippen molar-refractivity contribution in [2.24, 2.45) is 0 Å². The van der Waals surface area contributed by atoms with Crippen molar-refractivity contribution in [2.45, 2.75) is 209 Å². The lowest BCUT2D eigenvalue weighted by Crippen LogP contribution is -2.17. The van der Waals surface area contributed by atoms with Crippen molar-refractivity contribution in [2.75, 3.05) is 4.90 Å². The maximum absolute atomic E-state index is 2.57. The van der Waals surface area contributed by atoms with Gasteiger partial charge in [0.15, 0.2) is 0 Å². The minimum absolute atomic E-state index is 0.000292. The Hall–Kier alpha value is -7.94. The van der Waals surface area contributed by atoms with Gasteiger partial charge in [-0.1, -0.05) is 281 Å². The summed E-state index contributed by atoms with van der Waals surface area (Å²) < 4.78 is 2.55. The van der Waals surface area contributed by atoms with Gasteiger partial charge >= 0.3 is 0 Å². The fourth-order valence-corrected chi connectivity index (χ4v) is 13.7. The minimum Gasteiger partial charge on any atom is -0.310 e. The maximum Gasteiger partial charge on any atom is 0.0541 e. The Morgan fingerprint density at radius 2 is 0.565 bits per heavy atom. The molecule has 1 aromatic heterocycles. The Labute approximate surface area is 552 Å². The van der Waals surface area contributed by atoms with Gasteiger partial charge in [-0.25, -0.2) is 0 Å². The van der Waals surface area contributed by atoms with E-state index in [4.69, 9.17) is 0 Å². The Bertz CT molecular complexity index is 4700. The highest BCUT2D eigenvalue weighted by Gasteiger charge is 2.29. The van der Waals surface area contributed by atoms with E-state index in [1.54, 1.807) is 0 Å². The highest BCUT2D eigenvalue weighted by molar-refractivity contribution is 6.27. The fraction of sp³-hybridized carbons (Fsp3) is 0.356. The molecular formula is C90H102N2. The summed E-state index contributed by atoms with van der Waals surface area (Å²) in [5.41, 5.74) is 24.9. The van der Waals surface area contributed by atoms with Crippen LogP contribution in [0.1, 0.15) is 211 Å². The van der Waals surface area contributed by atoms with Gasteiger partial charge in [0.1, 0.15) is 0 Å². The van der Waals surface area contributed by atoms with Gasteiger partial charge in [-0.15, -0.1) is 0 Å². The normalized spacial score (nSPS) is 13.4. The van der Waals surface area contributed by atoms with Crippen LogP contribution in [0.25, 0.3) is 93.2 Å². The molecule has 0 aliphatic heterocycles. The molecule has 0 fully saturated rings. The van der Waals surface area contributed by atoms with Crippen LogP contribution in [0.4, 0.5) is 17.1 Å². The van der Waals surface area contributed by atoms with Crippen LogP contribution in [-0.2, 0) is 43.3 Å². The average molecular weight is 1210 g/mol. The Morgan fingerprint density at radius 3 is 0.989 bits per heavy atom. The third kappa shape index (κ3) is 12.0. The molecule has 92 heavy (non-hydrogen) atoms. The molecule has 0 bridgehead atoms. The molecule has 472 valence electrons. The lowest BCUT2D eigenvalue weighted by Gasteiger charge is -2.31. The van der Waals surface area contributed by atoms with Crippen LogP contribution in [0, 0.1) is 0 Å². The molecule has 0 atom stereocenters. The molecule has 0 unspecified atom stereocenters. The van der Waals surface area contributed by atoms with E-state index in [0.717, 1.165) is 17.1 Å². The number of benzene rings is 11. The maximum atomic E-state index is 2.57. The molecule has 12 rings (SSSR count). The molecule has 0 saturated carbocycles. The molecule has 0 aliphatic rings. The van der Waals surface area contributed by atoms with Crippen molar-refractivity contribution in [1.82, 2.24) is 4.57 Å². The van der Waals surface area contributed by atoms with Gasteiger partial charge in [0.2, 0.25) is 0 Å². The van der Waals surface area contributed by atoms with Gasteiger partial charge in [-0.05, 0) is 209 Å². The summed E-state index contributed by atoms with van der Waals surface area (Å²) in [6.45, 7) is 56.2. The number of aromatic nitrogens is 1. The zero-order valence-corrected chi connectivity index (χ0v) is 60.2. The van der Waals surface area contributed by atoms with Crippen LogP contribution < -0.4 is 4.90 Å². The van der Waals surface area contributed by atoms with Gasteiger partial charge in [-0.3, -0.25) is 0 Å². The van der Waals surface area contributed by atoms with E-state index in [1.807, 2.05) is 0 Å². The Kier molecular flexibility index (Phi) is 15.2. The van der Waals surface area contributed by atoms with Crippen LogP contribution in [-0.4, -0.2) is 4.57 Å². The SMILES string of the molecule is CC(C)(C)c1cc(-c2ccc(N(c3cc(-c4cc(C(C)(C)C)cc(C(C)(C)C)c4)cc(C(C)(C)C)c3)c3ccc4ccc5c(-n6c7ccc(C(C)(C)C)cc7c7cc(C(C)(C)C)ccc76)ccc6ccc3c4c65)cc2)cc(-c2cc(C(C)(C)C)cc(C(C)(C)C)c2)c1. The third-order valence-corrected chi connectivity index (χ3v) is 19.9. The highest BCUT2D eigenvalue weighted by Crippen LogP contribution is 2.49. The first-order valence-corrected chi connectivity index (χ1v) is 34.0. The second-order valence-corrected chi connectivity index (χ2v) is 35.4. The summed E-state index contributed by atoms with van der Waals surface area (Å²) in [5.74, 6) is 0. The summed E-state index contributed by atoms with van der Waals surface area (Å²) in [6.07, 6.45) is 0. The first-order valence-electron chi connectivity index (χ1n) is 34.0. The average Bonchev–Trinajstić information content (AvgIpc) is 1.33. The summed E-state index contributed by atoms with van der Waals surface area (Å²) in [7, 11) is 0. The van der Waals surface area contributed by atoms with E-state index < -0.39 is 0 Å². The quantitative estimate of drug-likeness (QED) is 0.144. The molecule has 2 heteroatoms. The second kappa shape index (κ2) is 21.8. The number of anilines is 3. The number of fused-ring (bicyclic) bond motifs is 3. The summed E-state index contributed by atoms with van der Waals surface area (Å²) in [4.78, 5) is 2.57. The van der Waals surface area contributed by atoms with Gasteiger partial charge < -0.3 is 9.47 Å². The monoisotopic (exact) mass is 1210 g/mol. The molecule has 0 aliphatic carbocycles. The van der Waals surface area contributed by atoms with E-state index in [0.29, 0.717) is 0 Å². The molecule has 1 heterocycles. The largest absolute Gasteiger partial charge is 0.310 e.